The van der Waals surface area contributed by atoms with Crippen LogP contribution in [-0.2, 0) is 16.1 Å². The zero-order chi connectivity index (χ0) is 18.8. The molecule has 0 saturated carbocycles. The Morgan fingerprint density at radius 2 is 2.15 bits per heavy atom. The summed E-state index contributed by atoms with van der Waals surface area (Å²) in [6.45, 7) is 2.19. The van der Waals surface area contributed by atoms with E-state index in [-0.39, 0.29) is 12.5 Å². The molecule has 0 amide bonds. The number of rotatable bonds is 5. The van der Waals surface area contributed by atoms with Gasteiger partial charge in [-0.25, -0.2) is 9.97 Å². The van der Waals surface area contributed by atoms with Gasteiger partial charge in [-0.1, -0.05) is 22.0 Å². The minimum Gasteiger partial charge on any atom is -0.465 e. The van der Waals surface area contributed by atoms with E-state index in [4.69, 9.17) is 4.74 Å². The smallest absolute Gasteiger partial charge is 0.327 e. The topological polar surface area (TPSA) is 81.9 Å². The molecule has 27 heavy (non-hydrogen) atoms. The maximum Gasteiger partial charge on any atom is 0.327 e. The van der Waals surface area contributed by atoms with Crippen molar-refractivity contribution in [1.82, 2.24) is 19.7 Å². The van der Waals surface area contributed by atoms with Crippen LogP contribution in [0.1, 0.15) is 6.92 Å². The Kier molecular flexibility index (Phi) is 4.72. The van der Waals surface area contributed by atoms with Gasteiger partial charge in [-0.15, -0.1) is 0 Å². The van der Waals surface area contributed by atoms with Crippen molar-refractivity contribution in [3.63, 3.8) is 0 Å². The number of halogens is 1. The molecule has 0 aliphatic rings. The van der Waals surface area contributed by atoms with Gasteiger partial charge in [0.05, 0.1) is 23.8 Å². The lowest BCUT2D eigenvalue weighted by Gasteiger charge is -2.09. The van der Waals surface area contributed by atoms with E-state index < -0.39 is 0 Å². The summed E-state index contributed by atoms with van der Waals surface area (Å²) in [5.74, 6) is 0.389. The predicted molar refractivity (Wildman–Crippen MR) is 107 cm³/mol. The summed E-state index contributed by atoms with van der Waals surface area (Å²) >= 11 is 3.47. The van der Waals surface area contributed by atoms with Crippen LogP contribution in [0.15, 0.2) is 53.4 Å². The van der Waals surface area contributed by atoms with E-state index in [1.807, 2.05) is 36.4 Å². The van der Waals surface area contributed by atoms with E-state index >= 15 is 0 Å². The van der Waals surface area contributed by atoms with Crippen molar-refractivity contribution in [1.29, 1.82) is 0 Å². The number of ether oxygens (including phenoxy) is 1. The molecule has 136 valence electrons. The van der Waals surface area contributed by atoms with Crippen LogP contribution >= 0.6 is 15.9 Å². The van der Waals surface area contributed by atoms with Crippen LogP contribution < -0.4 is 5.32 Å². The number of carbonyl (C=O) groups is 1. The first-order valence-corrected chi connectivity index (χ1v) is 9.22. The maximum absolute atomic E-state index is 11.8. The molecule has 0 radical (unpaired) electrons. The molecule has 0 atom stereocenters. The molecule has 4 rings (SSSR count). The molecular formula is C19H16BrN5O2. The maximum atomic E-state index is 11.8. The van der Waals surface area contributed by atoms with Crippen LogP contribution in [0.2, 0.25) is 0 Å². The number of carbonyl (C=O) groups excluding carboxylic acids is 1. The van der Waals surface area contributed by atoms with E-state index in [0.717, 1.165) is 32.0 Å². The summed E-state index contributed by atoms with van der Waals surface area (Å²) in [5.41, 5.74) is 2.51. The molecule has 2 heterocycles. The summed E-state index contributed by atoms with van der Waals surface area (Å²) < 4.78 is 7.61. The van der Waals surface area contributed by atoms with Crippen molar-refractivity contribution in [3.05, 3.63) is 53.4 Å². The lowest BCUT2D eigenvalue weighted by atomic mass is 10.1. The molecule has 0 aliphatic heterocycles. The van der Waals surface area contributed by atoms with Gasteiger partial charge in [0.1, 0.15) is 18.7 Å². The zero-order valence-corrected chi connectivity index (χ0v) is 16.1. The van der Waals surface area contributed by atoms with Crippen LogP contribution in [-0.4, -0.2) is 32.3 Å². The van der Waals surface area contributed by atoms with Gasteiger partial charge in [0.2, 0.25) is 0 Å². The zero-order valence-electron chi connectivity index (χ0n) is 14.5. The molecule has 2 aromatic carbocycles. The third kappa shape index (κ3) is 3.61. The number of aromatic nitrogens is 4. The van der Waals surface area contributed by atoms with E-state index in [1.165, 1.54) is 6.33 Å². The number of hydrogen-bond acceptors (Lipinski definition) is 6. The summed E-state index contributed by atoms with van der Waals surface area (Å²) in [5, 5.41) is 9.41. The van der Waals surface area contributed by atoms with Crippen molar-refractivity contribution < 1.29 is 9.53 Å². The van der Waals surface area contributed by atoms with E-state index in [9.17, 15) is 4.79 Å². The second kappa shape index (κ2) is 7.32. The normalized spacial score (nSPS) is 11.0. The van der Waals surface area contributed by atoms with Gasteiger partial charge in [0.25, 0.3) is 0 Å². The van der Waals surface area contributed by atoms with E-state index in [1.54, 1.807) is 17.8 Å². The van der Waals surface area contributed by atoms with Crippen LogP contribution in [0.4, 0.5) is 11.5 Å². The van der Waals surface area contributed by atoms with Crippen molar-refractivity contribution in [2.75, 3.05) is 11.9 Å². The second-order valence-electron chi connectivity index (χ2n) is 5.89. The molecule has 1 N–H and O–H groups in total. The third-order valence-electron chi connectivity index (χ3n) is 4.07. The van der Waals surface area contributed by atoms with E-state index in [2.05, 4.69) is 36.3 Å². The highest BCUT2D eigenvalue weighted by molar-refractivity contribution is 9.10. The summed E-state index contributed by atoms with van der Waals surface area (Å²) in [6.07, 6.45) is 3.24. The Morgan fingerprint density at radius 3 is 2.96 bits per heavy atom. The fraction of sp³-hybridized carbons (Fsp3) is 0.158. The van der Waals surface area contributed by atoms with Crippen molar-refractivity contribution >= 4 is 55.2 Å². The number of hydrogen-bond donors (Lipinski definition) is 1. The van der Waals surface area contributed by atoms with Crippen LogP contribution in [0.25, 0.3) is 21.8 Å². The Hall–Kier alpha value is -3.00. The number of anilines is 2. The highest BCUT2D eigenvalue weighted by Gasteiger charge is 2.12. The molecule has 7 nitrogen and oxygen atoms in total. The number of nitrogens with zero attached hydrogens (tertiary/aromatic N) is 4. The average Bonchev–Trinajstić information content (AvgIpc) is 3.02. The summed E-state index contributed by atoms with van der Waals surface area (Å²) in [7, 11) is 0. The number of nitrogens with one attached hydrogen (secondary N) is 1. The van der Waals surface area contributed by atoms with Gasteiger partial charge in [0, 0.05) is 20.9 Å². The molecular weight excluding hydrogens is 410 g/mol. The first-order valence-electron chi connectivity index (χ1n) is 8.42. The standard InChI is InChI=1S/C19H16BrN5O2/c1-2-27-18(26)10-25-17-8-16-15(6-12(17)9-23-25)19(22-11-21-16)24-14-5-3-4-13(20)7-14/h3-9,11H,2,10H2,1H3,(H,21,22,24). The minimum absolute atomic E-state index is 0.0665. The number of benzene rings is 2. The summed E-state index contributed by atoms with van der Waals surface area (Å²) in [4.78, 5) is 20.5. The molecule has 8 heteroatoms. The predicted octanol–water partition coefficient (Wildman–Crippen LogP) is 4.05. The SMILES string of the molecule is CCOC(=O)Cn1ncc2cc3c(Nc4cccc(Br)c4)ncnc3cc21. The number of esters is 1. The quantitative estimate of drug-likeness (QED) is 0.485. The van der Waals surface area contributed by atoms with Gasteiger partial charge >= 0.3 is 5.97 Å². The van der Waals surface area contributed by atoms with Gasteiger partial charge in [-0.2, -0.15) is 5.10 Å². The molecule has 0 fully saturated rings. The first-order chi connectivity index (χ1) is 13.1. The van der Waals surface area contributed by atoms with Crippen molar-refractivity contribution in [2.24, 2.45) is 0 Å². The highest BCUT2D eigenvalue weighted by Crippen LogP contribution is 2.28. The van der Waals surface area contributed by atoms with Crippen molar-refractivity contribution in [3.8, 4) is 0 Å². The van der Waals surface area contributed by atoms with Gasteiger partial charge in [0.15, 0.2) is 0 Å². The van der Waals surface area contributed by atoms with Crippen LogP contribution in [0.3, 0.4) is 0 Å². The van der Waals surface area contributed by atoms with E-state index in [0.29, 0.717) is 12.4 Å². The Morgan fingerprint density at radius 1 is 1.26 bits per heavy atom. The van der Waals surface area contributed by atoms with Crippen LogP contribution in [0.5, 0.6) is 0 Å². The average molecular weight is 426 g/mol. The summed E-state index contributed by atoms with van der Waals surface area (Å²) in [6, 6.07) is 11.7. The molecule has 0 spiro atoms. The molecule has 4 aromatic rings. The molecule has 0 saturated heterocycles. The van der Waals surface area contributed by atoms with Crippen molar-refractivity contribution in [2.45, 2.75) is 13.5 Å². The fourth-order valence-electron chi connectivity index (χ4n) is 2.89. The van der Waals surface area contributed by atoms with Crippen LogP contribution in [0, 0.1) is 0 Å². The van der Waals surface area contributed by atoms with Gasteiger partial charge < -0.3 is 10.1 Å². The third-order valence-corrected chi connectivity index (χ3v) is 4.56. The largest absolute Gasteiger partial charge is 0.465 e. The first kappa shape index (κ1) is 17.4. The molecule has 0 bridgehead atoms. The Bertz CT molecular complexity index is 1140. The number of fused-ring (bicyclic) bond motifs is 2. The molecule has 0 unspecified atom stereocenters. The monoisotopic (exact) mass is 425 g/mol. The molecule has 0 aliphatic carbocycles. The Balaban J connectivity index is 1.74. The highest BCUT2D eigenvalue weighted by atomic mass is 79.9. The van der Waals surface area contributed by atoms with Gasteiger partial charge in [-0.05, 0) is 37.3 Å². The Labute approximate surface area is 163 Å². The molecule has 2 aromatic heterocycles. The lowest BCUT2D eigenvalue weighted by molar-refractivity contribution is -0.143. The minimum atomic E-state index is -0.317. The lowest BCUT2D eigenvalue weighted by Crippen LogP contribution is -2.14. The fourth-order valence-corrected chi connectivity index (χ4v) is 3.29. The van der Waals surface area contributed by atoms with Gasteiger partial charge in [-0.3, -0.25) is 9.48 Å². The second-order valence-corrected chi connectivity index (χ2v) is 6.81.